The summed E-state index contributed by atoms with van der Waals surface area (Å²) >= 11 is 6.16. The van der Waals surface area contributed by atoms with Gasteiger partial charge in [-0.15, -0.1) is 0 Å². The SMILES string of the molecule is COC(=O)C1Cc2c([nH]c3ccc(Cl)cc23)C(c2cccc(O)c2)N1. The quantitative estimate of drug-likeness (QED) is 0.616. The van der Waals surface area contributed by atoms with E-state index in [1.165, 1.54) is 7.11 Å². The second-order valence-electron chi connectivity index (χ2n) is 6.18. The first-order valence-electron chi connectivity index (χ1n) is 7.99. The smallest absolute Gasteiger partial charge is 0.323 e. The molecule has 0 aliphatic carbocycles. The number of H-pyrrole nitrogens is 1. The molecule has 1 aromatic heterocycles. The van der Waals surface area contributed by atoms with E-state index in [0.717, 1.165) is 27.7 Å². The summed E-state index contributed by atoms with van der Waals surface area (Å²) in [6, 6.07) is 12.0. The average molecular weight is 357 g/mol. The molecular weight excluding hydrogens is 340 g/mol. The van der Waals surface area contributed by atoms with Crippen molar-refractivity contribution in [1.29, 1.82) is 0 Å². The van der Waals surface area contributed by atoms with Crippen LogP contribution >= 0.6 is 11.6 Å². The van der Waals surface area contributed by atoms with Gasteiger partial charge in [-0.05, 0) is 41.5 Å². The number of fused-ring (bicyclic) bond motifs is 3. The lowest BCUT2D eigenvalue weighted by Crippen LogP contribution is -2.45. The Hall–Kier alpha value is -2.50. The summed E-state index contributed by atoms with van der Waals surface area (Å²) < 4.78 is 4.94. The number of methoxy groups -OCH3 is 1. The average Bonchev–Trinajstić information content (AvgIpc) is 2.98. The number of aromatic hydroxyl groups is 1. The zero-order valence-electron chi connectivity index (χ0n) is 13.5. The van der Waals surface area contributed by atoms with Crippen LogP contribution in [0.25, 0.3) is 10.9 Å². The van der Waals surface area contributed by atoms with Crippen LogP contribution in [-0.4, -0.2) is 29.2 Å². The molecule has 25 heavy (non-hydrogen) atoms. The number of rotatable bonds is 2. The maximum Gasteiger partial charge on any atom is 0.323 e. The number of phenols is 1. The highest BCUT2D eigenvalue weighted by Gasteiger charge is 2.34. The van der Waals surface area contributed by atoms with E-state index in [1.807, 2.05) is 24.3 Å². The van der Waals surface area contributed by atoms with Crippen molar-refractivity contribution in [3.8, 4) is 5.75 Å². The fourth-order valence-electron chi connectivity index (χ4n) is 3.52. The Balaban J connectivity index is 1.90. The standard InChI is InChI=1S/C19H17ClN2O3/c1-25-19(24)16-9-14-13-8-11(20)5-6-15(13)21-18(14)17(22-16)10-3-2-4-12(23)7-10/h2-8,16-17,21-23H,9H2,1H3. The Morgan fingerprint density at radius 3 is 2.88 bits per heavy atom. The Labute approximate surface area is 149 Å². The van der Waals surface area contributed by atoms with Crippen molar-refractivity contribution in [3.05, 3.63) is 64.3 Å². The van der Waals surface area contributed by atoms with E-state index in [-0.39, 0.29) is 17.8 Å². The zero-order chi connectivity index (χ0) is 17.6. The fraction of sp³-hybridized carbons (Fsp3) is 0.211. The summed E-state index contributed by atoms with van der Waals surface area (Å²) in [4.78, 5) is 15.6. The largest absolute Gasteiger partial charge is 0.508 e. The fourth-order valence-corrected chi connectivity index (χ4v) is 3.69. The molecule has 0 amide bonds. The van der Waals surface area contributed by atoms with Crippen LogP contribution in [0.15, 0.2) is 42.5 Å². The molecule has 0 saturated carbocycles. The molecular formula is C19H17ClN2O3. The van der Waals surface area contributed by atoms with E-state index in [4.69, 9.17) is 16.3 Å². The molecule has 128 valence electrons. The summed E-state index contributed by atoms with van der Waals surface area (Å²) in [6.45, 7) is 0. The van der Waals surface area contributed by atoms with E-state index in [0.29, 0.717) is 11.4 Å². The van der Waals surface area contributed by atoms with E-state index in [9.17, 15) is 9.90 Å². The van der Waals surface area contributed by atoms with Crippen molar-refractivity contribution in [2.24, 2.45) is 0 Å². The normalized spacial score (nSPS) is 19.6. The molecule has 2 unspecified atom stereocenters. The molecule has 2 aromatic carbocycles. The first-order chi connectivity index (χ1) is 12.1. The second kappa shape index (κ2) is 6.10. The van der Waals surface area contributed by atoms with Gasteiger partial charge in [0.1, 0.15) is 11.8 Å². The van der Waals surface area contributed by atoms with Gasteiger partial charge >= 0.3 is 5.97 Å². The molecule has 1 aliphatic rings. The molecule has 4 rings (SSSR count). The molecule has 0 bridgehead atoms. The van der Waals surface area contributed by atoms with Crippen LogP contribution in [0.5, 0.6) is 5.75 Å². The minimum atomic E-state index is -0.470. The topological polar surface area (TPSA) is 74.4 Å². The van der Waals surface area contributed by atoms with E-state index < -0.39 is 6.04 Å². The summed E-state index contributed by atoms with van der Waals surface area (Å²) in [5.41, 5.74) is 3.85. The summed E-state index contributed by atoms with van der Waals surface area (Å²) in [5, 5.41) is 14.8. The number of carbonyl (C=O) groups is 1. The number of benzene rings is 2. The van der Waals surface area contributed by atoms with Crippen molar-refractivity contribution in [2.45, 2.75) is 18.5 Å². The van der Waals surface area contributed by atoms with E-state index in [1.54, 1.807) is 18.2 Å². The third-order valence-corrected chi connectivity index (χ3v) is 4.89. The molecule has 2 heterocycles. The van der Waals surface area contributed by atoms with Gasteiger partial charge in [0.25, 0.3) is 0 Å². The number of aromatic nitrogens is 1. The van der Waals surface area contributed by atoms with Crippen molar-refractivity contribution in [3.63, 3.8) is 0 Å². The lowest BCUT2D eigenvalue weighted by atomic mass is 9.90. The number of carbonyl (C=O) groups excluding carboxylic acids is 1. The number of hydrogen-bond donors (Lipinski definition) is 3. The first-order valence-corrected chi connectivity index (χ1v) is 8.37. The molecule has 3 aromatic rings. The highest BCUT2D eigenvalue weighted by Crippen LogP contribution is 2.36. The molecule has 1 aliphatic heterocycles. The highest BCUT2D eigenvalue weighted by atomic mass is 35.5. The second-order valence-corrected chi connectivity index (χ2v) is 6.62. The molecule has 6 heteroatoms. The maximum absolute atomic E-state index is 12.2. The van der Waals surface area contributed by atoms with Gasteiger partial charge in [0.15, 0.2) is 0 Å². The molecule has 3 N–H and O–H groups in total. The first kappa shape index (κ1) is 16.0. The Bertz CT molecular complexity index is 966. The number of hydrogen-bond acceptors (Lipinski definition) is 4. The molecule has 0 radical (unpaired) electrons. The summed E-state index contributed by atoms with van der Waals surface area (Å²) in [6.07, 6.45) is 0.512. The van der Waals surface area contributed by atoms with E-state index >= 15 is 0 Å². The molecule has 0 fully saturated rings. The van der Waals surface area contributed by atoms with Crippen molar-refractivity contribution in [2.75, 3.05) is 7.11 Å². The number of phenolic OH excluding ortho intramolecular Hbond substituents is 1. The zero-order valence-corrected chi connectivity index (χ0v) is 14.3. The van der Waals surface area contributed by atoms with E-state index in [2.05, 4.69) is 10.3 Å². The minimum absolute atomic E-state index is 0.181. The van der Waals surface area contributed by atoms with Gasteiger partial charge in [-0.2, -0.15) is 0 Å². The molecule has 0 saturated heterocycles. The van der Waals surface area contributed by atoms with Crippen LogP contribution in [-0.2, 0) is 16.0 Å². The highest BCUT2D eigenvalue weighted by molar-refractivity contribution is 6.31. The number of esters is 1. The molecule has 5 nitrogen and oxygen atoms in total. The predicted octanol–water partition coefficient (Wildman–Crippen LogP) is 3.30. The number of aromatic amines is 1. The van der Waals surface area contributed by atoms with Crippen LogP contribution in [0, 0.1) is 0 Å². The third-order valence-electron chi connectivity index (χ3n) is 4.66. The summed E-state index contributed by atoms with van der Waals surface area (Å²) in [5.74, 6) is -0.132. The van der Waals surface area contributed by atoms with Crippen LogP contribution in [0.2, 0.25) is 5.02 Å². The van der Waals surface area contributed by atoms with Crippen molar-refractivity contribution in [1.82, 2.24) is 10.3 Å². The number of nitrogens with one attached hydrogen (secondary N) is 2. The molecule has 2 atom stereocenters. The molecule has 0 spiro atoms. The predicted molar refractivity (Wildman–Crippen MR) is 95.9 cm³/mol. The Morgan fingerprint density at radius 1 is 1.28 bits per heavy atom. The van der Waals surface area contributed by atoms with Crippen LogP contribution < -0.4 is 5.32 Å². The van der Waals surface area contributed by atoms with Crippen LogP contribution in [0.1, 0.15) is 22.9 Å². The van der Waals surface area contributed by atoms with Gasteiger partial charge in [-0.1, -0.05) is 23.7 Å². The van der Waals surface area contributed by atoms with Gasteiger partial charge in [0.2, 0.25) is 0 Å². The number of ether oxygens (including phenoxy) is 1. The summed E-state index contributed by atoms with van der Waals surface area (Å²) in [7, 11) is 1.38. The van der Waals surface area contributed by atoms with Gasteiger partial charge in [-0.3, -0.25) is 10.1 Å². The Morgan fingerprint density at radius 2 is 2.12 bits per heavy atom. The maximum atomic E-state index is 12.2. The lowest BCUT2D eigenvalue weighted by Gasteiger charge is -2.30. The Kier molecular flexibility index (Phi) is 3.90. The number of halogens is 1. The third kappa shape index (κ3) is 2.75. The van der Waals surface area contributed by atoms with Crippen LogP contribution in [0.4, 0.5) is 0 Å². The van der Waals surface area contributed by atoms with Crippen LogP contribution in [0.3, 0.4) is 0 Å². The lowest BCUT2D eigenvalue weighted by molar-refractivity contribution is -0.143. The minimum Gasteiger partial charge on any atom is -0.508 e. The van der Waals surface area contributed by atoms with Gasteiger partial charge in [0, 0.05) is 28.0 Å². The van der Waals surface area contributed by atoms with Crippen molar-refractivity contribution < 1.29 is 14.6 Å². The van der Waals surface area contributed by atoms with Gasteiger partial charge in [-0.25, -0.2) is 0 Å². The monoisotopic (exact) mass is 356 g/mol. The van der Waals surface area contributed by atoms with Gasteiger partial charge in [0.05, 0.1) is 13.2 Å². The van der Waals surface area contributed by atoms with Crippen molar-refractivity contribution >= 4 is 28.5 Å². The van der Waals surface area contributed by atoms with Gasteiger partial charge < -0.3 is 14.8 Å².